The van der Waals surface area contributed by atoms with E-state index in [1.165, 1.54) is 10.8 Å². The molecule has 154 valence electrons. The standard InChI is InChI=1S/C20H30N4O4/c1-12(2)7-15-5-6-23(8-13(3)4)21-16-10-22-9-14(11-25)18(26)19(27)17(22)20(28)24(15)16/h9,11-13,15-16,21,27H,5-8,10H2,1-4H3. The molecule has 3 heterocycles. The Kier molecular flexibility index (Phi) is 5.90. The van der Waals surface area contributed by atoms with Crippen LogP contribution >= 0.6 is 0 Å². The average Bonchev–Trinajstić information content (AvgIpc) is 2.76. The van der Waals surface area contributed by atoms with E-state index in [1.807, 2.05) is 0 Å². The molecule has 0 spiro atoms. The number of aromatic hydroxyl groups is 1. The fourth-order valence-electron chi connectivity index (χ4n) is 4.26. The molecule has 2 aliphatic heterocycles. The van der Waals surface area contributed by atoms with Gasteiger partial charge in [-0.15, -0.1) is 0 Å². The minimum atomic E-state index is -0.794. The molecule has 2 N–H and O–H groups in total. The molecule has 8 nitrogen and oxygen atoms in total. The first-order valence-electron chi connectivity index (χ1n) is 9.98. The zero-order valence-corrected chi connectivity index (χ0v) is 17.0. The number of pyridine rings is 1. The molecular formula is C20H30N4O4. The van der Waals surface area contributed by atoms with Crippen molar-refractivity contribution in [2.75, 3.05) is 13.1 Å². The van der Waals surface area contributed by atoms with Gasteiger partial charge in [-0.3, -0.25) is 14.4 Å². The second-order valence-corrected chi connectivity index (χ2v) is 8.65. The van der Waals surface area contributed by atoms with Crippen molar-refractivity contribution in [3.8, 4) is 5.75 Å². The number of fused-ring (bicyclic) bond motifs is 2. The fourth-order valence-corrected chi connectivity index (χ4v) is 4.26. The molecule has 2 atom stereocenters. The molecule has 2 aliphatic rings. The number of carbonyl (C=O) groups is 2. The first kappa shape index (κ1) is 20.5. The van der Waals surface area contributed by atoms with E-state index < -0.39 is 11.2 Å². The maximum Gasteiger partial charge on any atom is 0.276 e. The molecule has 1 saturated heterocycles. The van der Waals surface area contributed by atoms with Crippen molar-refractivity contribution in [2.24, 2.45) is 11.8 Å². The molecule has 0 bridgehead atoms. The third-order valence-electron chi connectivity index (χ3n) is 5.34. The van der Waals surface area contributed by atoms with Gasteiger partial charge in [-0.2, -0.15) is 0 Å². The van der Waals surface area contributed by atoms with Crippen LogP contribution in [-0.4, -0.2) is 57.1 Å². The Morgan fingerprint density at radius 1 is 1.25 bits per heavy atom. The van der Waals surface area contributed by atoms with Crippen molar-refractivity contribution in [1.82, 2.24) is 19.9 Å². The zero-order chi connectivity index (χ0) is 20.6. The Morgan fingerprint density at radius 3 is 2.57 bits per heavy atom. The van der Waals surface area contributed by atoms with Crippen molar-refractivity contribution in [3.05, 3.63) is 27.7 Å². The lowest BCUT2D eigenvalue weighted by atomic mass is 9.97. The molecule has 3 rings (SSSR count). The van der Waals surface area contributed by atoms with E-state index >= 15 is 0 Å². The lowest BCUT2D eigenvalue weighted by molar-refractivity contribution is 0.0266. The molecule has 8 heteroatoms. The van der Waals surface area contributed by atoms with E-state index in [-0.39, 0.29) is 29.4 Å². The van der Waals surface area contributed by atoms with E-state index in [9.17, 15) is 19.5 Å². The lowest BCUT2D eigenvalue weighted by Gasteiger charge is -2.42. The smallest absolute Gasteiger partial charge is 0.276 e. The number of amides is 1. The molecule has 0 saturated carbocycles. The van der Waals surface area contributed by atoms with E-state index in [0.717, 1.165) is 25.9 Å². The minimum Gasteiger partial charge on any atom is -0.503 e. The highest BCUT2D eigenvalue weighted by Crippen LogP contribution is 2.29. The van der Waals surface area contributed by atoms with Crippen LogP contribution in [0.1, 0.15) is 61.4 Å². The van der Waals surface area contributed by atoms with Gasteiger partial charge in [0.2, 0.25) is 5.43 Å². The van der Waals surface area contributed by atoms with Gasteiger partial charge in [0.1, 0.15) is 6.17 Å². The van der Waals surface area contributed by atoms with Crippen LogP contribution in [0.25, 0.3) is 0 Å². The molecular weight excluding hydrogens is 360 g/mol. The van der Waals surface area contributed by atoms with Gasteiger partial charge in [-0.05, 0) is 24.7 Å². The number of rotatable bonds is 5. The van der Waals surface area contributed by atoms with Crippen LogP contribution in [0.3, 0.4) is 0 Å². The van der Waals surface area contributed by atoms with Gasteiger partial charge in [0.05, 0.1) is 12.1 Å². The molecule has 1 amide bonds. The van der Waals surface area contributed by atoms with E-state index in [0.29, 0.717) is 24.7 Å². The number of aromatic nitrogens is 1. The summed E-state index contributed by atoms with van der Waals surface area (Å²) in [5.41, 5.74) is 2.50. The SMILES string of the molecule is CC(C)CC1CCN(CC(C)C)NC2Cn3cc(C=O)c(=O)c(O)c3C(=O)N12. The summed E-state index contributed by atoms with van der Waals surface area (Å²) in [4.78, 5) is 38.5. The summed E-state index contributed by atoms with van der Waals surface area (Å²) in [7, 11) is 0. The van der Waals surface area contributed by atoms with Gasteiger partial charge in [0, 0.05) is 25.3 Å². The quantitative estimate of drug-likeness (QED) is 0.739. The Labute approximate surface area is 165 Å². The van der Waals surface area contributed by atoms with Gasteiger partial charge in [-0.1, -0.05) is 27.7 Å². The number of carbonyl (C=O) groups excluding carboxylic acids is 2. The summed E-state index contributed by atoms with van der Waals surface area (Å²) in [6.07, 6.45) is 3.15. The summed E-state index contributed by atoms with van der Waals surface area (Å²) >= 11 is 0. The third-order valence-corrected chi connectivity index (χ3v) is 5.34. The maximum absolute atomic E-state index is 13.4. The summed E-state index contributed by atoms with van der Waals surface area (Å²) in [5, 5.41) is 12.5. The van der Waals surface area contributed by atoms with Crippen LogP contribution in [-0.2, 0) is 6.54 Å². The largest absolute Gasteiger partial charge is 0.503 e. The Hall–Kier alpha value is -2.19. The summed E-state index contributed by atoms with van der Waals surface area (Å²) in [5.74, 6) is -0.131. The molecule has 28 heavy (non-hydrogen) atoms. The average molecular weight is 390 g/mol. The Morgan fingerprint density at radius 2 is 1.96 bits per heavy atom. The third kappa shape index (κ3) is 3.84. The molecule has 1 aromatic rings. The maximum atomic E-state index is 13.4. The van der Waals surface area contributed by atoms with Crippen LogP contribution in [0.5, 0.6) is 5.75 Å². The molecule has 0 radical (unpaired) electrons. The monoisotopic (exact) mass is 390 g/mol. The number of aldehydes is 1. The number of nitrogens with zero attached hydrogens (tertiary/aromatic N) is 3. The van der Waals surface area contributed by atoms with Crippen LogP contribution in [0.4, 0.5) is 0 Å². The number of nitrogens with one attached hydrogen (secondary N) is 1. The van der Waals surface area contributed by atoms with Crippen molar-refractivity contribution in [1.29, 1.82) is 0 Å². The second kappa shape index (κ2) is 8.05. The van der Waals surface area contributed by atoms with Crippen LogP contribution in [0, 0.1) is 11.8 Å². The Balaban J connectivity index is 2.05. The molecule has 0 aliphatic carbocycles. The van der Waals surface area contributed by atoms with Gasteiger partial charge >= 0.3 is 0 Å². The van der Waals surface area contributed by atoms with E-state index in [4.69, 9.17) is 0 Å². The Bertz CT molecular complexity index is 817. The van der Waals surface area contributed by atoms with Gasteiger partial charge < -0.3 is 14.6 Å². The van der Waals surface area contributed by atoms with E-state index in [2.05, 4.69) is 38.1 Å². The minimum absolute atomic E-state index is 0.0103. The van der Waals surface area contributed by atoms with E-state index in [1.54, 1.807) is 4.90 Å². The predicted molar refractivity (Wildman–Crippen MR) is 105 cm³/mol. The number of hydrogen-bond acceptors (Lipinski definition) is 6. The van der Waals surface area contributed by atoms with Gasteiger partial charge in [-0.25, -0.2) is 10.4 Å². The van der Waals surface area contributed by atoms with Crippen LogP contribution < -0.4 is 10.9 Å². The topological polar surface area (TPSA) is 94.9 Å². The van der Waals surface area contributed by atoms with Crippen molar-refractivity contribution in [3.63, 3.8) is 0 Å². The highest BCUT2D eigenvalue weighted by molar-refractivity contribution is 5.97. The molecule has 0 aromatic carbocycles. The summed E-state index contributed by atoms with van der Waals surface area (Å²) in [6, 6.07) is 0.0103. The van der Waals surface area contributed by atoms with Crippen LogP contribution in [0.15, 0.2) is 11.0 Å². The highest BCUT2D eigenvalue weighted by Gasteiger charge is 2.41. The normalized spacial score (nSPS) is 22.9. The zero-order valence-electron chi connectivity index (χ0n) is 17.0. The van der Waals surface area contributed by atoms with Crippen molar-refractivity contribution < 1.29 is 14.7 Å². The highest BCUT2D eigenvalue weighted by atomic mass is 16.3. The number of hydrazine groups is 1. The van der Waals surface area contributed by atoms with Crippen molar-refractivity contribution >= 4 is 12.2 Å². The fraction of sp³-hybridized carbons (Fsp3) is 0.650. The van der Waals surface area contributed by atoms with Gasteiger partial charge in [0.25, 0.3) is 5.91 Å². The second-order valence-electron chi connectivity index (χ2n) is 8.65. The molecule has 1 aromatic heterocycles. The lowest BCUT2D eigenvalue weighted by Crippen LogP contribution is -2.60. The van der Waals surface area contributed by atoms with Crippen molar-refractivity contribution in [2.45, 2.75) is 59.3 Å². The number of hydrogen-bond donors (Lipinski definition) is 2. The van der Waals surface area contributed by atoms with Crippen LogP contribution in [0.2, 0.25) is 0 Å². The first-order chi connectivity index (χ1) is 13.2. The first-order valence-corrected chi connectivity index (χ1v) is 9.98. The van der Waals surface area contributed by atoms with Gasteiger partial charge in [0.15, 0.2) is 17.7 Å². The molecule has 1 fully saturated rings. The summed E-state index contributed by atoms with van der Waals surface area (Å²) in [6.45, 7) is 10.6. The summed E-state index contributed by atoms with van der Waals surface area (Å²) < 4.78 is 1.53. The predicted octanol–water partition coefficient (Wildman–Crippen LogP) is 1.43. The molecule has 2 unspecified atom stereocenters.